The van der Waals surface area contributed by atoms with Crippen LogP contribution in [-0.2, 0) is 0 Å². The van der Waals surface area contributed by atoms with E-state index in [9.17, 15) is 4.79 Å². The van der Waals surface area contributed by atoms with E-state index in [2.05, 4.69) is 5.32 Å². The lowest BCUT2D eigenvalue weighted by Crippen LogP contribution is -2.38. The van der Waals surface area contributed by atoms with E-state index in [1.165, 1.54) is 0 Å². The van der Waals surface area contributed by atoms with Gasteiger partial charge in [-0.2, -0.15) is 0 Å². The number of rotatable bonds is 4. The van der Waals surface area contributed by atoms with E-state index in [4.69, 9.17) is 13.9 Å². The quantitative estimate of drug-likeness (QED) is 0.927. The normalized spacial score (nSPS) is 17.2. The molecule has 6 nitrogen and oxygen atoms in total. The Morgan fingerprint density at radius 2 is 2.04 bits per heavy atom. The van der Waals surface area contributed by atoms with Crippen LogP contribution in [0.4, 0.5) is 10.5 Å². The van der Waals surface area contributed by atoms with Crippen LogP contribution >= 0.6 is 0 Å². The fourth-order valence-electron chi connectivity index (χ4n) is 3.03. The number of fused-ring (bicyclic) bond motifs is 1. The highest BCUT2D eigenvalue weighted by molar-refractivity contribution is 5.92. The lowest BCUT2D eigenvalue weighted by atomic mass is 10.2. The number of para-hydroxylation sites is 1. The summed E-state index contributed by atoms with van der Waals surface area (Å²) in [6, 6.07) is 9.24. The van der Waals surface area contributed by atoms with Crippen molar-refractivity contribution >= 4 is 11.7 Å². The molecule has 0 bridgehead atoms. The van der Waals surface area contributed by atoms with Crippen molar-refractivity contribution in [3.05, 3.63) is 42.4 Å². The highest BCUT2D eigenvalue weighted by Crippen LogP contribution is 2.39. The summed E-state index contributed by atoms with van der Waals surface area (Å²) in [5.74, 6) is 2.04. The van der Waals surface area contributed by atoms with Gasteiger partial charge in [-0.3, -0.25) is 0 Å². The van der Waals surface area contributed by atoms with Crippen LogP contribution in [0.2, 0.25) is 0 Å². The van der Waals surface area contributed by atoms with Crippen LogP contribution in [0.1, 0.15) is 31.6 Å². The molecule has 2 heterocycles. The van der Waals surface area contributed by atoms with Crippen molar-refractivity contribution in [2.24, 2.45) is 0 Å². The maximum atomic E-state index is 12.9. The molecule has 4 rings (SSSR count). The molecule has 0 unspecified atom stereocenters. The average Bonchev–Trinajstić information content (AvgIpc) is 3.26. The van der Waals surface area contributed by atoms with Gasteiger partial charge >= 0.3 is 6.03 Å². The smallest absolute Gasteiger partial charge is 0.322 e. The van der Waals surface area contributed by atoms with Crippen molar-refractivity contribution in [2.75, 3.05) is 18.5 Å². The molecule has 1 aliphatic carbocycles. The number of hydrogen-bond acceptors (Lipinski definition) is 4. The minimum Gasteiger partial charge on any atom is -0.486 e. The maximum absolute atomic E-state index is 12.9. The summed E-state index contributed by atoms with van der Waals surface area (Å²) >= 11 is 0. The topological polar surface area (TPSA) is 63.9 Å². The van der Waals surface area contributed by atoms with Gasteiger partial charge in [0.15, 0.2) is 11.5 Å². The molecular formula is C18H20N2O4. The summed E-state index contributed by atoms with van der Waals surface area (Å²) in [6.07, 6.45) is 3.67. The zero-order valence-corrected chi connectivity index (χ0v) is 13.5. The molecule has 1 atom stereocenters. The SMILES string of the molecule is C[C@@H](c1ccco1)N(C(=O)Nc1cccc2c1OCCO2)C1CC1. The zero-order valence-electron chi connectivity index (χ0n) is 13.5. The summed E-state index contributed by atoms with van der Waals surface area (Å²) in [5, 5.41) is 2.97. The average molecular weight is 328 g/mol. The predicted molar refractivity (Wildman–Crippen MR) is 88.4 cm³/mol. The number of ether oxygens (including phenoxy) is 2. The molecule has 1 aromatic carbocycles. The van der Waals surface area contributed by atoms with E-state index in [1.807, 2.05) is 42.2 Å². The molecule has 1 aliphatic heterocycles. The Kier molecular flexibility index (Phi) is 3.80. The molecule has 6 heteroatoms. The second-order valence-corrected chi connectivity index (χ2v) is 6.09. The summed E-state index contributed by atoms with van der Waals surface area (Å²) in [7, 11) is 0. The summed E-state index contributed by atoms with van der Waals surface area (Å²) in [6.45, 7) is 2.99. The summed E-state index contributed by atoms with van der Waals surface area (Å²) in [5.41, 5.74) is 0.634. The number of nitrogens with zero attached hydrogens (tertiary/aromatic N) is 1. The van der Waals surface area contributed by atoms with Gasteiger partial charge in [0.25, 0.3) is 0 Å². The van der Waals surface area contributed by atoms with Crippen LogP contribution in [-0.4, -0.2) is 30.2 Å². The first-order valence-corrected chi connectivity index (χ1v) is 8.25. The fraction of sp³-hybridized carbons (Fsp3) is 0.389. The minimum atomic E-state index is -0.149. The Labute approximate surface area is 140 Å². The van der Waals surface area contributed by atoms with E-state index in [-0.39, 0.29) is 18.1 Å². The predicted octanol–water partition coefficient (Wildman–Crippen LogP) is 3.81. The van der Waals surface area contributed by atoms with Gasteiger partial charge < -0.3 is 24.1 Å². The first-order valence-electron chi connectivity index (χ1n) is 8.25. The highest BCUT2D eigenvalue weighted by Gasteiger charge is 2.37. The molecule has 2 aromatic rings. The molecular weight excluding hydrogens is 308 g/mol. The molecule has 1 N–H and O–H groups in total. The van der Waals surface area contributed by atoms with Crippen LogP contribution in [0.15, 0.2) is 41.0 Å². The largest absolute Gasteiger partial charge is 0.486 e. The van der Waals surface area contributed by atoms with Crippen molar-refractivity contribution < 1.29 is 18.7 Å². The molecule has 0 radical (unpaired) electrons. The van der Waals surface area contributed by atoms with E-state index >= 15 is 0 Å². The Hall–Kier alpha value is -2.63. The van der Waals surface area contributed by atoms with Crippen LogP contribution in [0.25, 0.3) is 0 Å². The second kappa shape index (κ2) is 6.11. The van der Waals surface area contributed by atoms with Crippen molar-refractivity contribution in [3.63, 3.8) is 0 Å². The molecule has 126 valence electrons. The van der Waals surface area contributed by atoms with Crippen molar-refractivity contribution in [2.45, 2.75) is 31.8 Å². The number of hydrogen-bond donors (Lipinski definition) is 1. The Morgan fingerprint density at radius 3 is 2.79 bits per heavy atom. The molecule has 1 aromatic heterocycles. The van der Waals surface area contributed by atoms with Crippen LogP contribution < -0.4 is 14.8 Å². The molecule has 0 saturated heterocycles. The fourth-order valence-corrected chi connectivity index (χ4v) is 3.03. The van der Waals surface area contributed by atoms with E-state index in [1.54, 1.807) is 6.26 Å². The number of benzene rings is 1. The van der Waals surface area contributed by atoms with E-state index < -0.39 is 0 Å². The maximum Gasteiger partial charge on any atom is 0.322 e. The number of anilines is 1. The van der Waals surface area contributed by atoms with E-state index in [0.29, 0.717) is 30.4 Å². The number of carbonyl (C=O) groups excluding carboxylic acids is 1. The first-order chi connectivity index (χ1) is 11.7. The molecule has 1 fully saturated rings. The van der Waals surface area contributed by atoms with Gasteiger partial charge in [0.2, 0.25) is 0 Å². The summed E-state index contributed by atoms with van der Waals surface area (Å²) < 4.78 is 16.7. The van der Waals surface area contributed by atoms with Crippen molar-refractivity contribution in [1.82, 2.24) is 4.90 Å². The molecule has 24 heavy (non-hydrogen) atoms. The minimum absolute atomic E-state index is 0.121. The third-order valence-electron chi connectivity index (χ3n) is 4.35. The Balaban J connectivity index is 1.56. The third-order valence-corrected chi connectivity index (χ3v) is 4.35. The van der Waals surface area contributed by atoms with Gasteiger partial charge in [-0.25, -0.2) is 4.79 Å². The van der Waals surface area contributed by atoms with Gasteiger partial charge in [0.1, 0.15) is 19.0 Å². The van der Waals surface area contributed by atoms with Gasteiger partial charge in [0, 0.05) is 6.04 Å². The molecule has 2 aliphatic rings. The lowest BCUT2D eigenvalue weighted by molar-refractivity contribution is 0.171. The molecule has 0 spiro atoms. The van der Waals surface area contributed by atoms with Gasteiger partial charge in [0.05, 0.1) is 18.0 Å². The van der Waals surface area contributed by atoms with Crippen molar-refractivity contribution in [1.29, 1.82) is 0 Å². The zero-order chi connectivity index (χ0) is 16.5. The first kappa shape index (κ1) is 14.9. The summed E-state index contributed by atoms with van der Waals surface area (Å²) in [4.78, 5) is 14.7. The van der Waals surface area contributed by atoms with Gasteiger partial charge in [-0.1, -0.05) is 6.07 Å². The lowest BCUT2D eigenvalue weighted by Gasteiger charge is -2.29. The molecule has 2 amide bonds. The number of urea groups is 1. The standard InChI is InChI=1S/C18H20N2O4/c1-12(15-6-3-9-22-15)20(13-7-8-13)18(21)19-14-4-2-5-16-17(14)24-11-10-23-16/h2-6,9,12-13H,7-8,10-11H2,1H3,(H,19,21)/t12-/m0/s1. The third kappa shape index (κ3) is 2.79. The molecule has 1 saturated carbocycles. The van der Waals surface area contributed by atoms with Gasteiger partial charge in [-0.05, 0) is 44.0 Å². The Morgan fingerprint density at radius 1 is 1.21 bits per heavy atom. The second-order valence-electron chi connectivity index (χ2n) is 6.09. The van der Waals surface area contributed by atoms with Crippen LogP contribution in [0, 0.1) is 0 Å². The van der Waals surface area contributed by atoms with E-state index in [0.717, 1.165) is 18.6 Å². The number of nitrogens with one attached hydrogen (secondary N) is 1. The van der Waals surface area contributed by atoms with Crippen LogP contribution in [0.5, 0.6) is 11.5 Å². The van der Waals surface area contributed by atoms with Crippen molar-refractivity contribution in [3.8, 4) is 11.5 Å². The van der Waals surface area contributed by atoms with Crippen LogP contribution in [0.3, 0.4) is 0 Å². The monoisotopic (exact) mass is 328 g/mol. The van der Waals surface area contributed by atoms with Gasteiger partial charge in [-0.15, -0.1) is 0 Å². The Bertz CT molecular complexity index is 725. The number of amides is 2. The number of carbonyl (C=O) groups is 1. The highest BCUT2D eigenvalue weighted by atomic mass is 16.6. The number of furan rings is 1.